The summed E-state index contributed by atoms with van der Waals surface area (Å²) in [5, 5.41) is 18.0. The second-order valence-corrected chi connectivity index (χ2v) is 11.4. The number of ether oxygens (including phenoxy) is 2. The zero-order valence-corrected chi connectivity index (χ0v) is 20.6. The predicted octanol–water partition coefficient (Wildman–Crippen LogP) is 3.14. The Hall–Kier alpha value is -2.80. The second kappa shape index (κ2) is 8.37. The first-order chi connectivity index (χ1) is 16.1. The van der Waals surface area contributed by atoms with Gasteiger partial charge in [-0.1, -0.05) is 0 Å². The highest BCUT2D eigenvalue weighted by molar-refractivity contribution is 5.83. The van der Waals surface area contributed by atoms with E-state index in [-0.39, 0.29) is 13.1 Å². The Bertz CT molecular complexity index is 885. The van der Waals surface area contributed by atoms with Gasteiger partial charge in [-0.3, -0.25) is 9.80 Å². The maximum atomic E-state index is 13.2. The van der Waals surface area contributed by atoms with E-state index in [0.717, 1.165) is 9.80 Å². The summed E-state index contributed by atoms with van der Waals surface area (Å²) in [6.45, 7) is 9.27. The lowest BCUT2D eigenvalue weighted by Gasteiger charge is -2.29. The highest BCUT2D eigenvalue weighted by Crippen LogP contribution is 2.63. The van der Waals surface area contributed by atoms with E-state index in [2.05, 4.69) is 0 Å². The molecule has 4 aliphatic rings. The lowest BCUT2D eigenvalue weighted by molar-refractivity contribution is -0.145. The summed E-state index contributed by atoms with van der Waals surface area (Å²) >= 11 is 0. The quantitative estimate of drug-likeness (QED) is 0.525. The number of carbonyl (C=O) groups is 4. The molecule has 2 N–H and O–H groups in total. The Kier molecular flexibility index (Phi) is 6.46. The van der Waals surface area contributed by atoms with Crippen molar-refractivity contribution < 1.29 is 56.4 Å². The molecule has 2 saturated heterocycles. The molecule has 204 valence electrons. The van der Waals surface area contributed by atoms with E-state index >= 15 is 0 Å². The molecule has 0 bridgehead atoms. The lowest BCUT2D eigenvalue weighted by atomic mass is 10.2. The lowest BCUT2D eigenvalue weighted by Crippen LogP contribution is -2.47. The number of rotatable bonds is 2. The largest absolute Gasteiger partial charge is 0.480 e. The van der Waals surface area contributed by atoms with Crippen LogP contribution in [0.25, 0.3) is 0 Å². The number of hydrogen-bond donors (Lipinski definition) is 2. The molecule has 0 aromatic heterocycles. The molecule has 0 aromatic carbocycles. The number of alkyl halides is 4. The normalized spacial score (nSPS) is 32.9. The van der Waals surface area contributed by atoms with Crippen LogP contribution in [0.5, 0.6) is 0 Å². The van der Waals surface area contributed by atoms with Gasteiger partial charge in [0.2, 0.25) is 0 Å². The van der Waals surface area contributed by atoms with E-state index in [9.17, 15) is 36.7 Å². The van der Waals surface area contributed by atoms with Crippen molar-refractivity contribution in [2.24, 2.45) is 23.7 Å². The molecule has 2 saturated carbocycles. The summed E-state index contributed by atoms with van der Waals surface area (Å²) < 4.78 is 62.8. The first kappa shape index (κ1) is 27.8. The van der Waals surface area contributed by atoms with Gasteiger partial charge in [-0.2, -0.15) is 0 Å². The van der Waals surface area contributed by atoms with Crippen LogP contribution in [0.3, 0.4) is 0 Å². The topological polar surface area (TPSA) is 134 Å². The molecule has 14 heteroatoms. The van der Waals surface area contributed by atoms with E-state index in [1.165, 1.54) is 0 Å². The Morgan fingerprint density at radius 3 is 1.19 bits per heavy atom. The first-order valence-electron chi connectivity index (χ1n) is 11.3. The summed E-state index contributed by atoms with van der Waals surface area (Å²) in [6.07, 6.45) is -1.70. The van der Waals surface area contributed by atoms with Crippen LogP contribution in [-0.4, -0.2) is 92.4 Å². The smallest absolute Gasteiger partial charge is 0.411 e. The predicted molar refractivity (Wildman–Crippen MR) is 113 cm³/mol. The average molecular weight is 526 g/mol. The fraction of sp³-hybridized carbons (Fsp3) is 0.818. The van der Waals surface area contributed by atoms with Crippen molar-refractivity contribution >= 4 is 24.1 Å². The molecular formula is C22H30F4N2O8. The number of piperidine rings is 2. The third kappa shape index (κ3) is 5.03. The summed E-state index contributed by atoms with van der Waals surface area (Å²) in [6, 6.07) is -2.97. The van der Waals surface area contributed by atoms with Crippen LogP contribution >= 0.6 is 0 Å². The molecule has 0 spiro atoms. The first-order valence-corrected chi connectivity index (χ1v) is 11.3. The van der Waals surface area contributed by atoms with Crippen molar-refractivity contribution in [2.45, 2.75) is 76.7 Å². The second-order valence-electron chi connectivity index (χ2n) is 11.4. The minimum absolute atomic E-state index is 0.260. The number of amides is 2. The SMILES string of the molecule is CC(C)(C)OC(=O)N1C[C@@H]2[C@H]([C@@H]1C(=O)O)C2(F)F.CC(C)(C)OC(=O)N1C[C@H]2[C@@H]([C@H]1C(=O)O)C2(F)F. The molecule has 36 heavy (non-hydrogen) atoms. The van der Waals surface area contributed by atoms with Crippen LogP contribution in [0.15, 0.2) is 0 Å². The molecule has 4 rings (SSSR count). The molecule has 2 aliphatic carbocycles. The standard InChI is InChI=1S/2C11H15F2NO4/c2*1-10(2,3)18-9(17)14-4-5-6(11(5,12)13)7(14)8(15)16/h2*5-7H,4H2,1-3H3,(H,15,16)/t2*5-,6-,7-/m10/s1. The molecule has 6 atom stereocenters. The van der Waals surface area contributed by atoms with Gasteiger partial charge in [-0.25, -0.2) is 36.7 Å². The number of fused-ring (bicyclic) bond motifs is 2. The van der Waals surface area contributed by atoms with Gasteiger partial charge in [-0.15, -0.1) is 0 Å². The fourth-order valence-electron chi connectivity index (χ4n) is 4.79. The van der Waals surface area contributed by atoms with E-state index < -0.39 is 82.9 Å². The zero-order chi connectivity index (χ0) is 27.8. The number of hydrogen-bond acceptors (Lipinski definition) is 6. The molecular weight excluding hydrogens is 496 g/mol. The molecule has 2 heterocycles. The van der Waals surface area contributed by atoms with Gasteiger partial charge in [0.05, 0.1) is 23.7 Å². The van der Waals surface area contributed by atoms with Crippen molar-refractivity contribution in [1.82, 2.24) is 9.80 Å². The molecule has 0 aromatic rings. The molecule has 2 aliphatic heterocycles. The Morgan fingerprint density at radius 2 is 0.972 bits per heavy atom. The van der Waals surface area contributed by atoms with Crippen LogP contribution in [0, 0.1) is 23.7 Å². The van der Waals surface area contributed by atoms with Gasteiger partial charge in [0, 0.05) is 13.1 Å². The zero-order valence-electron chi connectivity index (χ0n) is 20.6. The van der Waals surface area contributed by atoms with Crippen LogP contribution in [0.2, 0.25) is 0 Å². The minimum Gasteiger partial charge on any atom is -0.480 e. The fourth-order valence-corrected chi connectivity index (χ4v) is 4.79. The number of carboxylic acid groups (broad SMARTS) is 2. The van der Waals surface area contributed by atoms with Crippen LogP contribution in [0.1, 0.15) is 41.5 Å². The minimum atomic E-state index is -2.97. The van der Waals surface area contributed by atoms with Gasteiger partial charge in [0.15, 0.2) is 0 Å². The van der Waals surface area contributed by atoms with Gasteiger partial charge < -0.3 is 19.7 Å². The number of carboxylic acids is 2. The maximum absolute atomic E-state index is 13.2. The summed E-state index contributed by atoms with van der Waals surface area (Å²) in [5.74, 6) is -13.4. The van der Waals surface area contributed by atoms with Crippen molar-refractivity contribution in [1.29, 1.82) is 0 Å². The van der Waals surface area contributed by atoms with Gasteiger partial charge in [0.1, 0.15) is 23.3 Å². The van der Waals surface area contributed by atoms with Crippen molar-refractivity contribution in [3.63, 3.8) is 0 Å². The summed E-state index contributed by atoms with van der Waals surface area (Å²) in [7, 11) is 0. The molecule has 0 unspecified atom stereocenters. The monoisotopic (exact) mass is 526 g/mol. The highest BCUT2D eigenvalue weighted by Gasteiger charge is 2.79. The van der Waals surface area contributed by atoms with Gasteiger partial charge in [0.25, 0.3) is 11.8 Å². The molecule has 10 nitrogen and oxygen atoms in total. The third-order valence-corrected chi connectivity index (χ3v) is 6.43. The van der Waals surface area contributed by atoms with E-state index in [1.54, 1.807) is 41.5 Å². The number of halogens is 4. The number of likely N-dealkylation sites (tertiary alicyclic amines) is 2. The maximum Gasteiger partial charge on any atom is 0.411 e. The molecule has 2 amide bonds. The van der Waals surface area contributed by atoms with E-state index in [4.69, 9.17) is 19.7 Å². The van der Waals surface area contributed by atoms with E-state index in [0.29, 0.717) is 0 Å². The summed E-state index contributed by atoms with van der Waals surface area (Å²) in [4.78, 5) is 47.3. The van der Waals surface area contributed by atoms with Crippen molar-refractivity contribution in [3.8, 4) is 0 Å². The average Bonchev–Trinajstić information content (AvgIpc) is 3.21. The number of aliphatic carboxylic acids is 2. The van der Waals surface area contributed by atoms with Crippen LogP contribution in [0.4, 0.5) is 27.2 Å². The van der Waals surface area contributed by atoms with Crippen molar-refractivity contribution in [2.75, 3.05) is 13.1 Å². The Labute approximate surface area is 204 Å². The van der Waals surface area contributed by atoms with Gasteiger partial charge in [-0.05, 0) is 41.5 Å². The number of nitrogens with zero attached hydrogens (tertiary/aromatic N) is 2. The number of carbonyl (C=O) groups excluding carboxylic acids is 2. The Morgan fingerprint density at radius 1 is 0.694 bits per heavy atom. The van der Waals surface area contributed by atoms with Crippen molar-refractivity contribution in [3.05, 3.63) is 0 Å². The third-order valence-electron chi connectivity index (χ3n) is 6.43. The van der Waals surface area contributed by atoms with E-state index in [1.807, 2.05) is 0 Å². The van der Waals surface area contributed by atoms with Gasteiger partial charge >= 0.3 is 24.1 Å². The summed E-state index contributed by atoms with van der Waals surface area (Å²) in [5.41, 5.74) is -1.56. The van der Waals surface area contributed by atoms with Crippen LogP contribution in [-0.2, 0) is 19.1 Å². The molecule has 4 fully saturated rings. The van der Waals surface area contributed by atoms with Crippen LogP contribution < -0.4 is 0 Å². The highest BCUT2D eigenvalue weighted by atomic mass is 19.3. The Balaban J connectivity index is 0.000000201. The molecule has 0 radical (unpaired) electrons.